The first-order chi connectivity index (χ1) is 10.7. The SMILES string of the molecule is CCCCNC(=O)c1c(C)sc2c1CCCC2.O=CC1CC1. The fraction of sp³-hybridized carbons (Fsp3) is 0.667. The number of aryl methyl sites for hydroxylation is 2. The molecule has 0 aliphatic heterocycles. The van der Waals surface area contributed by atoms with Crippen molar-refractivity contribution in [2.24, 2.45) is 5.92 Å². The molecule has 1 N–H and O–H groups in total. The van der Waals surface area contributed by atoms with Crippen LogP contribution < -0.4 is 5.32 Å². The van der Waals surface area contributed by atoms with E-state index in [4.69, 9.17) is 0 Å². The molecule has 1 saturated carbocycles. The molecule has 2 aliphatic rings. The highest BCUT2D eigenvalue weighted by atomic mass is 32.1. The Hall–Kier alpha value is -1.16. The predicted octanol–water partition coefficient (Wildman–Crippen LogP) is 4.06. The second-order valence-corrected chi connectivity index (χ2v) is 7.53. The Morgan fingerprint density at radius 2 is 2.05 bits per heavy atom. The smallest absolute Gasteiger partial charge is 0.252 e. The molecular weight excluding hydrogens is 294 g/mol. The quantitative estimate of drug-likeness (QED) is 0.656. The summed E-state index contributed by atoms with van der Waals surface area (Å²) in [5.74, 6) is 0.602. The van der Waals surface area contributed by atoms with E-state index < -0.39 is 0 Å². The second-order valence-electron chi connectivity index (χ2n) is 6.23. The topological polar surface area (TPSA) is 46.2 Å². The van der Waals surface area contributed by atoms with Crippen LogP contribution in [-0.4, -0.2) is 18.7 Å². The zero-order valence-electron chi connectivity index (χ0n) is 13.7. The van der Waals surface area contributed by atoms with Gasteiger partial charge in [0.15, 0.2) is 0 Å². The van der Waals surface area contributed by atoms with E-state index in [1.807, 2.05) is 11.3 Å². The fourth-order valence-corrected chi connectivity index (χ4v) is 3.96. The van der Waals surface area contributed by atoms with Gasteiger partial charge in [0, 0.05) is 22.2 Å². The van der Waals surface area contributed by atoms with Gasteiger partial charge < -0.3 is 10.1 Å². The van der Waals surface area contributed by atoms with Gasteiger partial charge in [0.2, 0.25) is 0 Å². The van der Waals surface area contributed by atoms with E-state index in [9.17, 15) is 9.59 Å². The van der Waals surface area contributed by atoms with Crippen LogP contribution >= 0.6 is 11.3 Å². The molecule has 4 heteroatoms. The van der Waals surface area contributed by atoms with Crippen molar-refractivity contribution in [3.05, 3.63) is 20.9 Å². The number of aldehydes is 1. The van der Waals surface area contributed by atoms with Crippen LogP contribution in [0.25, 0.3) is 0 Å². The Morgan fingerprint density at radius 1 is 1.32 bits per heavy atom. The maximum atomic E-state index is 12.2. The highest BCUT2D eigenvalue weighted by molar-refractivity contribution is 7.12. The number of thiophene rings is 1. The normalized spacial score (nSPS) is 16.3. The van der Waals surface area contributed by atoms with Gasteiger partial charge in [0.1, 0.15) is 6.29 Å². The van der Waals surface area contributed by atoms with E-state index in [0.717, 1.165) is 50.5 Å². The number of hydrogen-bond acceptors (Lipinski definition) is 3. The summed E-state index contributed by atoms with van der Waals surface area (Å²) in [5, 5.41) is 3.04. The summed E-state index contributed by atoms with van der Waals surface area (Å²) < 4.78 is 0. The minimum atomic E-state index is 0.148. The van der Waals surface area contributed by atoms with E-state index >= 15 is 0 Å². The maximum absolute atomic E-state index is 12.2. The number of nitrogens with one attached hydrogen (secondary N) is 1. The predicted molar refractivity (Wildman–Crippen MR) is 91.7 cm³/mol. The molecule has 0 bridgehead atoms. The molecule has 0 saturated heterocycles. The van der Waals surface area contributed by atoms with Crippen LogP contribution in [0.5, 0.6) is 0 Å². The van der Waals surface area contributed by atoms with Crippen molar-refractivity contribution < 1.29 is 9.59 Å². The van der Waals surface area contributed by atoms with E-state index in [2.05, 4.69) is 19.2 Å². The monoisotopic (exact) mass is 321 g/mol. The van der Waals surface area contributed by atoms with E-state index in [1.165, 1.54) is 34.6 Å². The molecule has 0 radical (unpaired) electrons. The summed E-state index contributed by atoms with van der Waals surface area (Å²) in [7, 11) is 0. The van der Waals surface area contributed by atoms with Gasteiger partial charge in [-0.15, -0.1) is 11.3 Å². The Bertz CT molecular complexity index is 517. The first-order valence-electron chi connectivity index (χ1n) is 8.52. The lowest BCUT2D eigenvalue weighted by atomic mass is 9.94. The van der Waals surface area contributed by atoms with Gasteiger partial charge in [-0.05, 0) is 57.4 Å². The number of fused-ring (bicyclic) bond motifs is 1. The lowest BCUT2D eigenvalue weighted by Crippen LogP contribution is -2.25. The first-order valence-corrected chi connectivity index (χ1v) is 9.33. The number of rotatable bonds is 5. The molecule has 1 amide bonds. The van der Waals surface area contributed by atoms with Crippen LogP contribution in [0, 0.1) is 12.8 Å². The molecular formula is C18H27NO2S. The van der Waals surface area contributed by atoms with Crippen LogP contribution in [0.4, 0.5) is 0 Å². The molecule has 0 aromatic carbocycles. The zero-order chi connectivity index (χ0) is 15.9. The molecule has 1 fully saturated rings. The minimum absolute atomic E-state index is 0.148. The molecule has 2 aliphatic carbocycles. The highest BCUT2D eigenvalue weighted by Gasteiger charge is 2.22. The number of carbonyl (C=O) groups excluding carboxylic acids is 2. The molecule has 122 valence electrons. The summed E-state index contributed by atoms with van der Waals surface area (Å²) in [5.41, 5.74) is 2.33. The summed E-state index contributed by atoms with van der Waals surface area (Å²) in [4.78, 5) is 24.4. The van der Waals surface area contributed by atoms with Gasteiger partial charge in [0.25, 0.3) is 5.91 Å². The van der Waals surface area contributed by atoms with E-state index in [-0.39, 0.29) is 5.91 Å². The van der Waals surface area contributed by atoms with Gasteiger partial charge in [-0.3, -0.25) is 4.79 Å². The molecule has 1 heterocycles. The molecule has 22 heavy (non-hydrogen) atoms. The van der Waals surface area contributed by atoms with Crippen molar-refractivity contribution in [2.45, 2.75) is 65.2 Å². The molecule has 0 unspecified atom stereocenters. The minimum Gasteiger partial charge on any atom is -0.352 e. The van der Waals surface area contributed by atoms with Crippen LogP contribution in [0.1, 0.15) is 71.1 Å². The van der Waals surface area contributed by atoms with Crippen molar-refractivity contribution >= 4 is 23.5 Å². The Labute approximate surface area is 137 Å². The lowest BCUT2D eigenvalue weighted by Gasteiger charge is -2.12. The molecule has 1 aromatic heterocycles. The van der Waals surface area contributed by atoms with Gasteiger partial charge in [-0.2, -0.15) is 0 Å². The lowest BCUT2D eigenvalue weighted by molar-refractivity contribution is -0.108. The van der Waals surface area contributed by atoms with Crippen molar-refractivity contribution in [3.8, 4) is 0 Å². The summed E-state index contributed by atoms with van der Waals surface area (Å²) in [6.07, 6.45) is 10.3. The van der Waals surface area contributed by atoms with E-state index in [1.54, 1.807) is 0 Å². The Balaban J connectivity index is 0.000000299. The van der Waals surface area contributed by atoms with Crippen LogP contribution in [0.2, 0.25) is 0 Å². The summed E-state index contributed by atoms with van der Waals surface area (Å²) >= 11 is 1.82. The molecule has 3 rings (SSSR count). The first kappa shape index (κ1) is 17.2. The number of unbranched alkanes of at least 4 members (excludes halogenated alkanes) is 1. The fourth-order valence-electron chi connectivity index (χ4n) is 2.70. The third-order valence-corrected chi connectivity index (χ3v) is 5.41. The average molecular weight is 321 g/mol. The molecule has 1 aromatic rings. The van der Waals surface area contributed by atoms with Crippen molar-refractivity contribution in [2.75, 3.05) is 6.54 Å². The van der Waals surface area contributed by atoms with E-state index in [0.29, 0.717) is 5.92 Å². The Morgan fingerprint density at radius 3 is 2.64 bits per heavy atom. The maximum Gasteiger partial charge on any atom is 0.252 e. The van der Waals surface area contributed by atoms with Gasteiger partial charge in [-0.1, -0.05) is 13.3 Å². The van der Waals surface area contributed by atoms with Gasteiger partial charge >= 0.3 is 0 Å². The molecule has 0 spiro atoms. The third kappa shape index (κ3) is 4.67. The van der Waals surface area contributed by atoms with Crippen molar-refractivity contribution in [1.82, 2.24) is 5.32 Å². The third-order valence-electron chi connectivity index (χ3n) is 4.20. The van der Waals surface area contributed by atoms with Gasteiger partial charge in [0.05, 0.1) is 5.56 Å². The highest BCUT2D eigenvalue weighted by Crippen LogP contribution is 2.33. The second kappa shape index (κ2) is 8.47. The molecule has 3 nitrogen and oxygen atoms in total. The van der Waals surface area contributed by atoms with Crippen LogP contribution in [0.3, 0.4) is 0 Å². The Kier molecular flexibility index (Phi) is 6.62. The summed E-state index contributed by atoms with van der Waals surface area (Å²) in [6, 6.07) is 0. The zero-order valence-corrected chi connectivity index (χ0v) is 14.6. The van der Waals surface area contributed by atoms with Crippen molar-refractivity contribution in [3.63, 3.8) is 0 Å². The average Bonchev–Trinajstić information content (AvgIpc) is 3.29. The van der Waals surface area contributed by atoms with Crippen LogP contribution in [-0.2, 0) is 17.6 Å². The van der Waals surface area contributed by atoms with Crippen molar-refractivity contribution in [1.29, 1.82) is 0 Å². The largest absolute Gasteiger partial charge is 0.352 e. The van der Waals surface area contributed by atoms with Crippen LogP contribution in [0.15, 0.2) is 0 Å². The van der Waals surface area contributed by atoms with Gasteiger partial charge in [-0.25, -0.2) is 0 Å². The summed E-state index contributed by atoms with van der Waals surface area (Å²) in [6.45, 7) is 5.03. The molecule has 0 atom stereocenters. The number of hydrogen-bond donors (Lipinski definition) is 1. The number of amides is 1. The number of carbonyl (C=O) groups is 2. The standard InChI is InChI=1S/C14H21NOS.C4H6O/c1-3-4-9-15-14(16)13-10(2)17-12-8-6-5-7-11(12)13;5-3-4-1-2-4/h3-9H2,1-2H3,(H,15,16);3-4H,1-2H2.